The van der Waals surface area contributed by atoms with Crippen LogP contribution in [0.5, 0.6) is 0 Å². The van der Waals surface area contributed by atoms with E-state index < -0.39 is 11.3 Å². The molecule has 2 heterocycles. The van der Waals surface area contributed by atoms with Gasteiger partial charge in [0.15, 0.2) is 5.79 Å². The van der Waals surface area contributed by atoms with Crippen molar-refractivity contribution < 1.29 is 19.4 Å². The molecule has 2 aliphatic heterocycles. The molecule has 5 heteroatoms. The summed E-state index contributed by atoms with van der Waals surface area (Å²) in [5.74, 6) is -0.530. The fraction of sp³-hybridized carbons (Fsp3) is 0.571. The molecule has 1 saturated heterocycles. The van der Waals surface area contributed by atoms with Crippen molar-refractivity contribution in [3.8, 4) is 0 Å². The number of hydrogen-bond acceptors (Lipinski definition) is 4. The minimum absolute atomic E-state index is 0.180. The number of nitrogens with one attached hydrogen (secondary N) is 1. The van der Waals surface area contributed by atoms with Crippen LogP contribution in [0.4, 0.5) is 0 Å². The third-order valence-electron chi connectivity index (χ3n) is 6.35. The lowest BCUT2D eigenvalue weighted by Crippen LogP contribution is -2.54. The maximum atomic E-state index is 12.9. The normalized spacial score (nSPS) is 24.3. The van der Waals surface area contributed by atoms with Crippen molar-refractivity contribution in [2.24, 2.45) is 0 Å². The fourth-order valence-corrected chi connectivity index (χ4v) is 4.58. The van der Waals surface area contributed by atoms with E-state index in [1.807, 2.05) is 26.8 Å². The van der Waals surface area contributed by atoms with Gasteiger partial charge in [0.1, 0.15) is 5.76 Å². The molecule has 1 aliphatic carbocycles. The number of carbonyl (C=O) groups excluding carboxylic acids is 1. The van der Waals surface area contributed by atoms with E-state index in [-0.39, 0.29) is 11.7 Å². The molecule has 0 aromatic heterocycles. The van der Waals surface area contributed by atoms with E-state index in [1.54, 1.807) is 0 Å². The summed E-state index contributed by atoms with van der Waals surface area (Å²) >= 11 is 0. The number of aryl methyl sites for hydroxylation is 2. The van der Waals surface area contributed by atoms with Crippen LogP contribution in [-0.2, 0) is 14.3 Å². The van der Waals surface area contributed by atoms with Crippen molar-refractivity contribution in [1.29, 1.82) is 0 Å². The Kier molecular flexibility index (Phi) is 4.12. The molecule has 1 aromatic carbocycles. The first-order valence-electron chi connectivity index (χ1n) is 9.49. The van der Waals surface area contributed by atoms with Crippen LogP contribution in [0.1, 0.15) is 54.4 Å². The summed E-state index contributed by atoms with van der Waals surface area (Å²) in [5.41, 5.74) is 3.78. The Bertz CT molecular complexity index is 779. The summed E-state index contributed by atoms with van der Waals surface area (Å²) in [6.45, 7) is 7.46. The number of aliphatic hydroxyl groups excluding tert-OH is 1. The van der Waals surface area contributed by atoms with Crippen LogP contribution in [0.15, 0.2) is 17.9 Å². The molecule has 1 aromatic rings. The van der Waals surface area contributed by atoms with Crippen LogP contribution in [-0.4, -0.2) is 35.6 Å². The molecule has 1 saturated carbocycles. The summed E-state index contributed by atoms with van der Waals surface area (Å²) in [6.07, 6.45) is 3.52. The topological polar surface area (TPSA) is 67.8 Å². The van der Waals surface area contributed by atoms with Crippen LogP contribution in [0, 0.1) is 20.8 Å². The van der Waals surface area contributed by atoms with E-state index >= 15 is 0 Å². The standard InChI is InChI=1S/C21H27NO4/c1-13-5-6-14(2)16(15(13)3)17-18(23)20(22-19(17)24)7-9-21(10-8-20)25-11-4-12-26-21/h5-6,23H,4,7-12H2,1-3H3,(H,22,24). The fourth-order valence-electron chi connectivity index (χ4n) is 4.58. The first-order valence-corrected chi connectivity index (χ1v) is 9.49. The Labute approximate surface area is 154 Å². The van der Waals surface area contributed by atoms with Gasteiger partial charge in [0, 0.05) is 12.8 Å². The van der Waals surface area contributed by atoms with E-state index in [4.69, 9.17) is 9.47 Å². The summed E-state index contributed by atoms with van der Waals surface area (Å²) in [6, 6.07) is 4.06. The van der Waals surface area contributed by atoms with Gasteiger partial charge < -0.3 is 19.9 Å². The maximum Gasteiger partial charge on any atom is 0.256 e. The predicted octanol–water partition coefficient (Wildman–Crippen LogP) is 3.46. The van der Waals surface area contributed by atoms with Crippen molar-refractivity contribution in [3.05, 3.63) is 40.1 Å². The molecule has 3 aliphatic rings. The molecule has 140 valence electrons. The second-order valence-corrected chi connectivity index (χ2v) is 7.92. The van der Waals surface area contributed by atoms with Gasteiger partial charge in [-0.05, 0) is 62.3 Å². The Morgan fingerprint density at radius 1 is 1.00 bits per heavy atom. The van der Waals surface area contributed by atoms with Crippen molar-refractivity contribution >= 4 is 11.5 Å². The second kappa shape index (κ2) is 6.10. The van der Waals surface area contributed by atoms with Gasteiger partial charge >= 0.3 is 0 Å². The van der Waals surface area contributed by atoms with Gasteiger partial charge in [-0.3, -0.25) is 4.79 Å². The van der Waals surface area contributed by atoms with Gasteiger partial charge in [-0.1, -0.05) is 12.1 Å². The average molecular weight is 357 g/mol. The van der Waals surface area contributed by atoms with Crippen molar-refractivity contribution in [2.75, 3.05) is 13.2 Å². The highest BCUT2D eigenvalue weighted by Gasteiger charge is 2.52. The van der Waals surface area contributed by atoms with Crippen molar-refractivity contribution in [3.63, 3.8) is 0 Å². The molecule has 4 rings (SSSR count). The molecule has 0 radical (unpaired) electrons. The highest BCUT2D eigenvalue weighted by Crippen LogP contribution is 2.47. The summed E-state index contributed by atoms with van der Waals surface area (Å²) in [4.78, 5) is 12.9. The van der Waals surface area contributed by atoms with Crippen LogP contribution in [0.2, 0.25) is 0 Å². The first-order chi connectivity index (χ1) is 12.4. The van der Waals surface area contributed by atoms with Gasteiger partial charge in [0.25, 0.3) is 5.91 Å². The zero-order valence-electron chi connectivity index (χ0n) is 15.8. The first kappa shape index (κ1) is 17.6. The highest BCUT2D eigenvalue weighted by atomic mass is 16.7. The van der Waals surface area contributed by atoms with Gasteiger partial charge in [-0.2, -0.15) is 0 Å². The number of hydrogen-bond donors (Lipinski definition) is 2. The third kappa shape index (κ3) is 2.57. The Hall–Kier alpha value is -1.85. The van der Waals surface area contributed by atoms with Crippen LogP contribution in [0.3, 0.4) is 0 Å². The molecule has 1 amide bonds. The number of carbonyl (C=O) groups is 1. The Morgan fingerprint density at radius 2 is 1.62 bits per heavy atom. The van der Waals surface area contributed by atoms with Gasteiger partial charge in [0.2, 0.25) is 0 Å². The van der Waals surface area contributed by atoms with Gasteiger partial charge in [-0.25, -0.2) is 0 Å². The number of rotatable bonds is 1. The zero-order valence-corrected chi connectivity index (χ0v) is 15.8. The average Bonchev–Trinajstić information content (AvgIpc) is 2.87. The van der Waals surface area contributed by atoms with Gasteiger partial charge in [-0.15, -0.1) is 0 Å². The molecule has 5 nitrogen and oxygen atoms in total. The van der Waals surface area contributed by atoms with Crippen LogP contribution >= 0.6 is 0 Å². The lowest BCUT2D eigenvalue weighted by molar-refractivity contribution is -0.284. The lowest BCUT2D eigenvalue weighted by Gasteiger charge is -2.45. The van der Waals surface area contributed by atoms with E-state index in [0.717, 1.165) is 28.7 Å². The molecule has 26 heavy (non-hydrogen) atoms. The molecule has 0 unspecified atom stereocenters. The van der Waals surface area contributed by atoms with E-state index in [0.29, 0.717) is 44.5 Å². The van der Waals surface area contributed by atoms with Crippen LogP contribution in [0.25, 0.3) is 5.57 Å². The molecule has 2 N–H and O–H groups in total. The SMILES string of the molecule is Cc1ccc(C)c(C2=C(O)C3(CCC4(CC3)OCCCO4)NC2=O)c1C. The van der Waals surface area contributed by atoms with Crippen LogP contribution < -0.4 is 5.32 Å². The number of amides is 1. The molecule has 0 bridgehead atoms. The number of aliphatic hydroxyl groups is 1. The Balaban J connectivity index is 1.69. The second-order valence-electron chi connectivity index (χ2n) is 7.92. The minimum Gasteiger partial charge on any atom is -0.509 e. The highest BCUT2D eigenvalue weighted by molar-refractivity contribution is 6.24. The molecule has 2 spiro atoms. The summed E-state index contributed by atoms with van der Waals surface area (Å²) < 4.78 is 11.8. The molecule has 2 fully saturated rings. The molecule has 0 atom stereocenters. The third-order valence-corrected chi connectivity index (χ3v) is 6.35. The van der Waals surface area contributed by atoms with Crippen molar-refractivity contribution in [1.82, 2.24) is 5.32 Å². The summed E-state index contributed by atoms with van der Waals surface area (Å²) in [5, 5.41) is 14.2. The quantitative estimate of drug-likeness (QED) is 0.808. The minimum atomic E-state index is -0.690. The molecular formula is C21H27NO4. The largest absolute Gasteiger partial charge is 0.509 e. The van der Waals surface area contributed by atoms with Crippen molar-refractivity contribution in [2.45, 2.75) is 64.2 Å². The monoisotopic (exact) mass is 357 g/mol. The van der Waals surface area contributed by atoms with E-state index in [9.17, 15) is 9.90 Å². The van der Waals surface area contributed by atoms with Gasteiger partial charge in [0.05, 0.1) is 24.3 Å². The van der Waals surface area contributed by atoms with E-state index in [2.05, 4.69) is 11.4 Å². The molecular weight excluding hydrogens is 330 g/mol. The number of benzene rings is 1. The zero-order chi connectivity index (χ0) is 18.5. The summed E-state index contributed by atoms with van der Waals surface area (Å²) in [7, 11) is 0. The lowest BCUT2D eigenvalue weighted by atomic mass is 9.77. The maximum absolute atomic E-state index is 12.9. The number of ether oxygens (including phenoxy) is 2. The predicted molar refractivity (Wildman–Crippen MR) is 98.8 cm³/mol. The van der Waals surface area contributed by atoms with E-state index in [1.165, 1.54) is 0 Å². The Morgan fingerprint density at radius 3 is 2.27 bits per heavy atom. The smallest absolute Gasteiger partial charge is 0.256 e.